The third kappa shape index (κ3) is 3.14. The van der Waals surface area contributed by atoms with Crippen molar-refractivity contribution < 1.29 is 0 Å². The standard InChI is InChI=1S/C23H28N4/c1-4-10-18(11-5-2)27-23-19-13-7-6-12-17(19)16-26(3)21-15-9-8-14-20(21)22(23)24-25-27/h6-9,12-15,18H,4-5,10-11,16H2,1-3H3. The van der Waals surface area contributed by atoms with Gasteiger partial charge in [0.1, 0.15) is 5.69 Å². The highest BCUT2D eigenvalue weighted by molar-refractivity contribution is 5.87. The molecule has 2 aromatic carbocycles. The maximum atomic E-state index is 4.70. The summed E-state index contributed by atoms with van der Waals surface area (Å²) in [5.74, 6) is 0. The molecule has 3 aromatic rings. The average molecular weight is 361 g/mol. The summed E-state index contributed by atoms with van der Waals surface area (Å²) in [5, 5.41) is 9.39. The molecule has 1 aliphatic heterocycles. The number of benzene rings is 2. The predicted molar refractivity (Wildman–Crippen MR) is 112 cm³/mol. The molecule has 27 heavy (non-hydrogen) atoms. The van der Waals surface area contributed by atoms with Crippen LogP contribution in [0.3, 0.4) is 0 Å². The Morgan fingerprint density at radius 2 is 1.59 bits per heavy atom. The van der Waals surface area contributed by atoms with Gasteiger partial charge in [0.05, 0.1) is 11.7 Å². The van der Waals surface area contributed by atoms with E-state index in [0.29, 0.717) is 6.04 Å². The van der Waals surface area contributed by atoms with E-state index in [1.54, 1.807) is 0 Å². The van der Waals surface area contributed by atoms with Gasteiger partial charge in [-0.05, 0) is 24.5 Å². The molecule has 0 atom stereocenters. The Morgan fingerprint density at radius 1 is 0.926 bits per heavy atom. The summed E-state index contributed by atoms with van der Waals surface area (Å²) in [5.41, 5.74) is 7.15. The Labute approximate surface area is 161 Å². The zero-order valence-corrected chi connectivity index (χ0v) is 16.5. The van der Waals surface area contributed by atoms with E-state index in [1.165, 1.54) is 28.1 Å². The summed E-state index contributed by atoms with van der Waals surface area (Å²) < 4.78 is 2.21. The van der Waals surface area contributed by atoms with Gasteiger partial charge >= 0.3 is 0 Å². The Morgan fingerprint density at radius 3 is 2.33 bits per heavy atom. The maximum absolute atomic E-state index is 4.70. The van der Waals surface area contributed by atoms with E-state index in [9.17, 15) is 0 Å². The first-order valence-electron chi connectivity index (χ1n) is 10.1. The number of para-hydroxylation sites is 1. The van der Waals surface area contributed by atoms with Gasteiger partial charge in [0.25, 0.3) is 0 Å². The molecule has 0 radical (unpaired) electrons. The van der Waals surface area contributed by atoms with E-state index in [4.69, 9.17) is 5.10 Å². The van der Waals surface area contributed by atoms with Crippen molar-refractivity contribution in [2.75, 3.05) is 11.9 Å². The minimum atomic E-state index is 0.397. The quantitative estimate of drug-likeness (QED) is 0.585. The zero-order valence-electron chi connectivity index (χ0n) is 16.5. The molecule has 0 saturated heterocycles. The molecule has 0 saturated carbocycles. The summed E-state index contributed by atoms with van der Waals surface area (Å²) in [7, 11) is 2.15. The molecule has 0 aliphatic carbocycles. The molecular formula is C23H28N4. The van der Waals surface area contributed by atoms with Gasteiger partial charge in [-0.3, -0.25) is 0 Å². The van der Waals surface area contributed by atoms with Crippen molar-refractivity contribution in [3.8, 4) is 22.5 Å². The summed E-state index contributed by atoms with van der Waals surface area (Å²) in [6, 6.07) is 17.7. The fraction of sp³-hybridized carbons (Fsp3) is 0.391. The highest BCUT2D eigenvalue weighted by Gasteiger charge is 2.27. The van der Waals surface area contributed by atoms with Crippen LogP contribution in [0.25, 0.3) is 22.5 Å². The number of hydrogen-bond donors (Lipinski definition) is 0. The molecule has 4 rings (SSSR count). The van der Waals surface area contributed by atoms with Gasteiger partial charge in [0.2, 0.25) is 0 Å². The number of fused-ring (bicyclic) bond motifs is 5. The van der Waals surface area contributed by atoms with Crippen LogP contribution in [0.15, 0.2) is 48.5 Å². The Bertz CT molecular complexity index is 922. The fourth-order valence-corrected chi connectivity index (χ4v) is 4.27. The van der Waals surface area contributed by atoms with E-state index in [0.717, 1.165) is 37.9 Å². The molecule has 140 valence electrons. The predicted octanol–water partition coefficient (Wildman–Crippen LogP) is 5.70. The van der Waals surface area contributed by atoms with Gasteiger partial charge in [-0.2, -0.15) is 0 Å². The van der Waals surface area contributed by atoms with E-state index >= 15 is 0 Å². The second-order valence-electron chi connectivity index (χ2n) is 7.49. The molecular weight excluding hydrogens is 332 g/mol. The number of aromatic nitrogens is 3. The van der Waals surface area contributed by atoms with Crippen molar-refractivity contribution in [1.82, 2.24) is 15.0 Å². The second kappa shape index (κ2) is 7.55. The van der Waals surface area contributed by atoms with Crippen molar-refractivity contribution in [3.05, 3.63) is 54.1 Å². The van der Waals surface area contributed by atoms with Crippen LogP contribution in [0, 0.1) is 0 Å². The van der Waals surface area contributed by atoms with Crippen LogP contribution >= 0.6 is 0 Å². The second-order valence-corrected chi connectivity index (χ2v) is 7.49. The molecule has 4 nitrogen and oxygen atoms in total. The molecule has 0 unspecified atom stereocenters. The van der Waals surface area contributed by atoms with Crippen LogP contribution in [0.5, 0.6) is 0 Å². The zero-order chi connectivity index (χ0) is 18.8. The lowest BCUT2D eigenvalue weighted by atomic mass is 9.95. The van der Waals surface area contributed by atoms with Gasteiger partial charge in [-0.25, -0.2) is 4.68 Å². The van der Waals surface area contributed by atoms with Gasteiger partial charge in [-0.1, -0.05) is 74.4 Å². The van der Waals surface area contributed by atoms with Gasteiger partial charge in [0.15, 0.2) is 0 Å². The SMILES string of the molecule is CCCC(CCC)n1nnc2c1-c1ccccc1CN(C)c1ccccc1-2. The Balaban J connectivity index is 1.99. The van der Waals surface area contributed by atoms with Gasteiger partial charge in [0, 0.05) is 30.4 Å². The molecule has 1 aromatic heterocycles. The van der Waals surface area contributed by atoms with Crippen molar-refractivity contribution in [1.29, 1.82) is 0 Å². The first kappa shape index (κ1) is 17.8. The monoisotopic (exact) mass is 360 g/mol. The summed E-state index contributed by atoms with van der Waals surface area (Å²) in [4.78, 5) is 2.31. The number of anilines is 1. The molecule has 0 fully saturated rings. The molecule has 2 heterocycles. The molecule has 4 heteroatoms. The molecule has 0 spiro atoms. The van der Waals surface area contributed by atoms with Crippen molar-refractivity contribution in [2.45, 2.75) is 52.1 Å². The van der Waals surface area contributed by atoms with Crippen molar-refractivity contribution in [2.24, 2.45) is 0 Å². The highest BCUT2D eigenvalue weighted by Crippen LogP contribution is 2.41. The smallest absolute Gasteiger partial charge is 0.123 e. The van der Waals surface area contributed by atoms with E-state index in [2.05, 4.69) is 84.2 Å². The average Bonchev–Trinajstić information content (AvgIpc) is 3.11. The third-order valence-electron chi connectivity index (χ3n) is 5.53. The minimum Gasteiger partial charge on any atom is -0.370 e. The Hall–Kier alpha value is -2.62. The first-order valence-corrected chi connectivity index (χ1v) is 10.1. The van der Waals surface area contributed by atoms with Gasteiger partial charge < -0.3 is 4.90 Å². The van der Waals surface area contributed by atoms with E-state index in [-0.39, 0.29) is 0 Å². The summed E-state index contributed by atoms with van der Waals surface area (Å²) in [6.07, 6.45) is 4.57. The molecule has 0 bridgehead atoms. The third-order valence-corrected chi connectivity index (χ3v) is 5.53. The number of rotatable bonds is 5. The lowest BCUT2D eigenvalue weighted by Crippen LogP contribution is -2.20. The van der Waals surface area contributed by atoms with Crippen LogP contribution in [0.4, 0.5) is 5.69 Å². The lowest BCUT2D eigenvalue weighted by Gasteiger charge is -2.27. The van der Waals surface area contributed by atoms with Crippen LogP contribution < -0.4 is 4.90 Å². The van der Waals surface area contributed by atoms with E-state index < -0.39 is 0 Å². The topological polar surface area (TPSA) is 34.0 Å². The van der Waals surface area contributed by atoms with Gasteiger partial charge in [-0.15, -0.1) is 5.10 Å². The van der Waals surface area contributed by atoms with Crippen LogP contribution in [0.1, 0.15) is 51.1 Å². The van der Waals surface area contributed by atoms with Crippen molar-refractivity contribution >= 4 is 5.69 Å². The summed E-state index contributed by atoms with van der Waals surface area (Å²) >= 11 is 0. The minimum absolute atomic E-state index is 0.397. The highest BCUT2D eigenvalue weighted by atomic mass is 15.4. The summed E-state index contributed by atoms with van der Waals surface area (Å²) in [6.45, 7) is 5.38. The van der Waals surface area contributed by atoms with Crippen LogP contribution in [0.2, 0.25) is 0 Å². The maximum Gasteiger partial charge on any atom is 0.123 e. The van der Waals surface area contributed by atoms with E-state index in [1.807, 2.05) is 0 Å². The fourth-order valence-electron chi connectivity index (χ4n) is 4.27. The van der Waals surface area contributed by atoms with Crippen LogP contribution in [-0.4, -0.2) is 22.0 Å². The normalized spacial score (nSPS) is 13.0. The Kier molecular flexibility index (Phi) is 4.97. The first-order chi connectivity index (χ1) is 13.2. The van der Waals surface area contributed by atoms with Crippen LogP contribution in [-0.2, 0) is 6.54 Å². The van der Waals surface area contributed by atoms with Crippen molar-refractivity contribution in [3.63, 3.8) is 0 Å². The molecule has 1 aliphatic rings. The molecule has 0 amide bonds. The largest absolute Gasteiger partial charge is 0.370 e. The number of nitrogens with zero attached hydrogens (tertiary/aromatic N) is 4. The molecule has 0 N–H and O–H groups in total. The lowest BCUT2D eigenvalue weighted by molar-refractivity contribution is 0.387. The number of hydrogen-bond acceptors (Lipinski definition) is 3.